The molecule has 0 heterocycles. The van der Waals surface area contributed by atoms with E-state index in [-0.39, 0.29) is 31.0 Å². The number of rotatable bonds is 41. The molecule has 0 aliphatic heterocycles. The standard InChI is InChI=1S/3C16H32O2.C3H8O3/c3*1-3-5-7-9-10-12-14-15(16(17)18)13-11-8-6-4-2;4-1-3(6)2-5/h3*15H,3-14H2,1-2H3,(H,17,18);3-6H,1-2H2. The number of hydrogen-bond acceptors (Lipinski definition) is 6. The lowest BCUT2D eigenvalue weighted by Gasteiger charge is -2.11. The van der Waals surface area contributed by atoms with Gasteiger partial charge in [-0.15, -0.1) is 0 Å². The third-order valence-corrected chi connectivity index (χ3v) is 11.4. The van der Waals surface area contributed by atoms with Crippen LogP contribution in [0.25, 0.3) is 0 Å². The van der Waals surface area contributed by atoms with Crippen LogP contribution >= 0.6 is 0 Å². The maximum atomic E-state index is 11.1. The van der Waals surface area contributed by atoms with E-state index in [9.17, 15) is 29.7 Å². The number of carboxylic acids is 3. The first kappa shape index (κ1) is 64.9. The maximum absolute atomic E-state index is 11.1. The van der Waals surface area contributed by atoms with E-state index in [1.165, 1.54) is 154 Å². The summed E-state index contributed by atoms with van der Waals surface area (Å²) in [4.78, 5) is 33.4. The molecular formula is C51H104O9. The van der Waals surface area contributed by atoms with Crippen molar-refractivity contribution in [3.05, 3.63) is 0 Å². The van der Waals surface area contributed by atoms with Crippen molar-refractivity contribution in [2.45, 2.75) is 279 Å². The van der Waals surface area contributed by atoms with Crippen LogP contribution in [0.2, 0.25) is 0 Å². The Labute approximate surface area is 371 Å². The highest BCUT2D eigenvalue weighted by Gasteiger charge is 2.18. The first-order chi connectivity index (χ1) is 29.0. The van der Waals surface area contributed by atoms with Crippen molar-refractivity contribution in [1.29, 1.82) is 0 Å². The molecule has 0 aromatic carbocycles. The largest absolute Gasteiger partial charge is 0.481 e. The van der Waals surface area contributed by atoms with Crippen LogP contribution in [-0.2, 0) is 14.4 Å². The lowest BCUT2D eigenvalue weighted by molar-refractivity contribution is -0.143. The summed E-state index contributed by atoms with van der Waals surface area (Å²) >= 11 is 0. The van der Waals surface area contributed by atoms with Crippen molar-refractivity contribution in [1.82, 2.24) is 0 Å². The molecule has 0 saturated carbocycles. The molecule has 0 rings (SSSR count). The van der Waals surface area contributed by atoms with Crippen molar-refractivity contribution < 1.29 is 45.0 Å². The molecule has 0 amide bonds. The molecule has 9 nitrogen and oxygen atoms in total. The molecule has 6 N–H and O–H groups in total. The molecule has 3 unspecified atom stereocenters. The summed E-state index contributed by atoms with van der Waals surface area (Å²) in [6.45, 7) is 12.5. The topological polar surface area (TPSA) is 173 Å². The van der Waals surface area contributed by atoms with Crippen molar-refractivity contribution in [3.8, 4) is 0 Å². The van der Waals surface area contributed by atoms with Gasteiger partial charge in [-0.25, -0.2) is 0 Å². The summed E-state index contributed by atoms with van der Waals surface area (Å²) in [7, 11) is 0. The zero-order valence-corrected chi connectivity index (χ0v) is 40.6. The summed E-state index contributed by atoms with van der Waals surface area (Å²) in [5.41, 5.74) is 0. The first-order valence-corrected chi connectivity index (χ1v) is 25.5. The third-order valence-electron chi connectivity index (χ3n) is 11.4. The Balaban J connectivity index is -0.000000366. The molecule has 362 valence electrons. The van der Waals surface area contributed by atoms with Gasteiger partial charge in [0.1, 0.15) is 6.10 Å². The van der Waals surface area contributed by atoms with Crippen molar-refractivity contribution in [2.24, 2.45) is 17.8 Å². The second kappa shape index (κ2) is 55.3. The second-order valence-corrected chi connectivity index (χ2v) is 17.3. The summed E-state index contributed by atoms with van der Waals surface area (Å²) in [5, 5.41) is 51.5. The van der Waals surface area contributed by atoms with Gasteiger partial charge in [0.2, 0.25) is 0 Å². The van der Waals surface area contributed by atoms with Gasteiger partial charge < -0.3 is 30.6 Å². The van der Waals surface area contributed by atoms with Gasteiger partial charge in [0.15, 0.2) is 0 Å². The van der Waals surface area contributed by atoms with Crippen LogP contribution in [0, 0.1) is 17.8 Å². The Morgan fingerprint density at radius 2 is 0.450 bits per heavy atom. The van der Waals surface area contributed by atoms with Gasteiger partial charge in [-0.2, -0.15) is 0 Å². The highest BCUT2D eigenvalue weighted by atomic mass is 16.4. The maximum Gasteiger partial charge on any atom is 0.306 e. The van der Waals surface area contributed by atoms with E-state index >= 15 is 0 Å². The minimum atomic E-state index is -0.954. The van der Waals surface area contributed by atoms with E-state index in [2.05, 4.69) is 41.5 Å². The van der Waals surface area contributed by atoms with Crippen LogP contribution in [0.5, 0.6) is 0 Å². The predicted molar refractivity (Wildman–Crippen MR) is 254 cm³/mol. The van der Waals surface area contributed by atoms with E-state index in [4.69, 9.17) is 15.3 Å². The zero-order chi connectivity index (χ0) is 45.9. The Bertz CT molecular complexity index is 749. The van der Waals surface area contributed by atoms with Crippen LogP contribution in [0.3, 0.4) is 0 Å². The fourth-order valence-corrected chi connectivity index (χ4v) is 7.20. The average Bonchev–Trinajstić information content (AvgIpc) is 3.23. The lowest BCUT2D eigenvalue weighted by atomic mass is 9.94. The fraction of sp³-hybridized carbons (Fsp3) is 0.941. The smallest absolute Gasteiger partial charge is 0.306 e. The summed E-state index contributed by atoms with van der Waals surface area (Å²) in [6, 6.07) is 0. The van der Waals surface area contributed by atoms with E-state index in [0.717, 1.165) is 77.0 Å². The van der Waals surface area contributed by atoms with E-state index in [1.807, 2.05) is 0 Å². The molecule has 3 atom stereocenters. The van der Waals surface area contributed by atoms with Crippen molar-refractivity contribution >= 4 is 17.9 Å². The molecule has 9 heteroatoms. The highest BCUT2D eigenvalue weighted by Crippen LogP contribution is 2.21. The number of carboxylic acid groups (broad SMARTS) is 3. The fourth-order valence-electron chi connectivity index (χ4n) is 7.20. The molecule has 0 fully saturated rings. The van der Waals surface area contributed by atoms with Gasteiger partial charge in [0.25, 0.3) is 0 Å². The number of aliphatic carboxylic acids is 3. The number of hydrogen-bond donors (Lipinski definition) is 6. The zero-order valence-electron chi connectivity index (χ0n) is 40.6. The van der Waals surface area contributed by atoms with Gasteiger partial charge in [0, 0.05) is 0 Å². The quantitative estimate of drug-likeness (QED) is 0.0327. The molecule has 0 radical (unpaired) electrons. The molecule has 60 heavy (non-hydrogen) atoms. The van der Waals surface area contributed by atoms with Gasteiger partial charge in [0.05, 0.1) is 31.0 Å². The van der Waals surface area contributed by atoms with E-state index < -0.39 is 24.0 Å². The molecule has 0 saturated heterocycles. The second-order valence-electron chi connectivity index (χ2n) is 17.3. The molecule has 0 spiro atoms. The van der Waals surface area contributed by atoms with E-state index in [0.29, 0.717) is 0 Å². The molecule has 0 aliphatic carbocycles. The average molecular weight is 861 g/mol. The normalized spacial score (nSPS) is 12.3. The third kappa shape index (κ3) is 54.3. The summed E-state index contributed by atoms with van der Waals surface area (Å²) in [5.74, 6) is -2.02. The van der Waals surface area contributed by atoms with Crippen molar-refractivity contribution in [2.75, 3.05) is 13.2 Å². The van der Waals surface area contributed by atoms with Crippen LogP contribution in [0.4, 0.5) is 0 Å². The summed E-state index contributed by atoms with van der Waals surface area (Å²) < 4.78 is 0. The Kier molecular flexibility index (Phi) is 59.8. The summed E-state index contributed by atoms with van der Waals surface area (Å²) in [6.07, 6.45) is 41.0. The Morgan fingerprint density at radius 3 is 0.583 bits per heavy atom. The first-order valence-electron chi connectivity index (χ1n) is 25.5. The van der Waals surface area contributed by atoms with Gasteiger partial charge in [-0.3, -0.25) is 14.4 Å². The number of carbonyl (C=O) groups is 3. The molecule has 0 bridgehead atoms. The predicted octanol–water partition coefficient (Wildman–Crippen LogP) is 14.6. The van der Waals surface area contributed by atoms with Crippen LogP contribution in [0.1, 0.15) is 273 Å². The van der Waals surface area contributed by atoms with Gasteiger partial charge in [-0.05, 0) is 38.5 Å². The van der Waals surface area contributed by atoms with Crippen LogP contribution in [-0.4, -0.2) is 67.9 Å². The molecule has 0 aliphatic rings. The Morgan fingerprint density at radius 1 is 0.300 bits per heavy atom. The number of aliphatic hydroxyl groups is 3. The number of aliphatic hydroxyl groups excluding tert-OH is 3. The monoisotopic (exact) mass is 861 g/mol. The van der Waals surface area contributed by atoms with Crippen molar-refractivity contribution in [3.63, 3.8) is 0 Å². The van der Waals surface area contributed by atoms with Crippen LogP contribution in [0.15, 0.2) is 0 Å². The molecule has 0 aromatic heterocycles. The van der Waals surface area contributed by atoms with Gasteiger partial charge in [-0.1, -0.05) is 234 Å². The number of unbranched alkanes of at least 4 members (excludes halogenated alkanes) is 24. The lowest BCUT2D eigenvalue weighted by Crippen LogP contribution is -2.15. The van der Waals surface area contributed by atoms with E-state index in [1.54, 1.807) is 0 Å². The highest BCUT2D eigenvalue weighted by molar-refractivity contribution is 5.70. The van der Waals surface area contributed by atoms with Crippen LogP contribution < -0.4 is 0 Å². The van der Waals surface area contributed by atoms with Gasteiger partial charge >= 0.3 is 17.9 Å². The molecule has 0 aromatic rings. The Hall–Kier alpha value is -1.71. The SMILES string of the molecule is CCCCCCCCC(CCCCCC)C(=O)O.CCCCCCCCC(CCCCCC)C(=O)O.CCCCCCCCC(CCCCCC)C(=O)O.OCC(O)CO. The minimum Gasteiger partial charge on any atom is -0.481 e. The molecular weight excluding hydrogens is 757 g/mol. The minimum absolute atomic E-state index is 0.0898.